The van der Waals surface area contributed by atoms with E-state index in [4.69, 9.17) is 0 Å². The summed E-state index contributed by atoms with van der Waals surface area (Å²) in [5.74, 6) is 0.901. The molecule has 0 saturated heterocycles. The van der Waals surface area contributed by atoms with E-state index < -0.39 is 0 Å². The summed E-state index contributed by atoms with van der Waals surface area (Å²) in [4.78, 5) is 0. The number of nitriles is 1. The Balaban J connectivity index is 2.39. The van der Waals surface area contributed by atoms with Crippen LogP contribution >= 0.6 is 0 Å². The standard InChI is InChI=1S/C14H25N/c1-3-5-6-9-14(12-15)10-7-13(4-2)8-11-14/h13H,3-11H2,1-2H3. The van der Waals surface area contributed by atoms with Crippen LogP contribution < -0.4 is 0 Å². The lowest BCUT2D eigenvalue weighted by atomic mass is 9.68. The Hall–Kier alpha value is -0.510. The van der Waals surface area contributed by atoms with E-state index >= 15 is 0 Å². The van der Waals surface area contributed by atoms with Gasteiger partial charge in [0.2, 0.25) is 0 Å². The van der Waals surface area contributed by atoms with Gasteiger partial charge in [-0.3, -0.25) is 0 Å². The molecule has 1 nitrogen and oxygen atoms in total. The highest BCUT2D eigenvalue weighted by Gasteiger charge is 2.34. The van der Waals surface area contributed by atoms with Crippen LogP contribution in [0.2, 0.25) is 0 Å². The monoisotopic (exact) mass is 207 g/mol. The molecule has 0 amide bonds. The number of rotatable bonds is 5. The Bertz CT molecular complexity index is 200. The maximum absolute atomic E-state index is 9.35. The molecule has 1 heteroatoms. The molecule has 15 heavy (non-hydrogen) atoms. The molecule has 0 spiro atoms. The molecule has 0 bridgehead atoms. The minimum absolute atomic E-state index is 0.0564. The molecule has 0 atom stereocenters. The first kappa shape index (κ1) is 12.6. The number of nitrogens with zero attached hydrogens (tertiary/aromatic N) is 1. The highest BCUT2D eigenvalue weighted by atomic mass is 14.4. The van der Waals surface area contributed by atoms with E-state index in [1.165, 1.54) is 38.5 Å². The Labute approximate surface area is 94.9 Å². The van der Waals surface area contributed by atoms with Crippen molar-refractivity contribution < 1.29 is 0 Å². The van der Waals surface area contributed by atoms with Gasteiger partial charge in [0, 0.05) is 0 Å². The second kappa shape index (κ2) is 6.16. The zero-order valence-corrected chi connectivity index (χ0v) is 10.4. The van der Waals surface area contributed by atoms with Gasteiger partial charge in [-0.25, -0.2) is 0 Å². The van der Waals surface area contributed by atoms with E-state index in [0.29, 0.717) is 0 Å². The van der Waals surface area contributed by atoms with E-state index in [2.05, 4.69) is 19.9 Å². The van der Waals surface area contributed by atoms with Crippen LogP contribution in [0, 0.1) is 22.7 Å². The van der Waals surface area contributed by atoms with Crippen LogP contribution in [-0.2, 0) is 0 Å². The fraction of sp³-hybridized carbons (Fsp3) is 0.929. The van der Waals surface area contributed by atoms with Crippen molar-refractivity contribution in [3.8, 4) is 6.07 Å². The van der Waals surface area contributed by atoms with E-state index in [9.17, 15) is 5.26 Å². The Morgan fingerprint density at radius 3 is 2.33 bits per heavy atom. The minimum atomic E-state index is 0.0564. The lowest BCUT2D eigenvalue weighted by Crippen LogP contribution is -2.25. The fourth-order valence-corrected chi connectivity index (χ4v) is 2.77. The molecule has 0 heterocycles. The van der Waals surface area contributed by atoms with Crippen molar-refractivity contribution >= 4 is 0 Å². The van der Waals surface area contributed by atoms with Crippen molar-refractivity contribution in [2.24, 2.45) is 11.3 Å². The van der Waals surface area contributed by atoms with Crippen LogP contribution in [0.15, 0.2) is 0 Å². The number of unbranched alkanes of at least 4 members (excludes halogenated alkanes) is 2. The van der Waals surface area contributed by atoms with Gasteiger partial charge in [0.15, 0.2) is 0 Å². The van der Waals surface area contributed by atoms with Gasteiger partial charge in [-0.2, -0.15) is 5.26 Å². The van der Waals surface area contributed by atoms with Gasteiger partial charge in [0.1, 0.15) is 0 Å². The summed E-state index contributed by atoms with van der Waals surface area (Å²) in [5, 5.41) is 9.35. The summed E-state index contributed by atoms with van der Waals surface area (Å²) in [5.41, 5.74) is 0.0564. The molecule has 0 aromatic rings. The zero-order valence-electron chi connectivity index (χ0n) is 10.4. The maximum Gasteiger partial charge on any atom is 0.0689 e. The highest BCUT2D eigenvalue weighted by molar-refractivity contribution is 5.01. The lowest BCUT2D eigenvalue weighted by Gasteiger charge is -2.34. The number of hydrogen-bond acceptors (Lipinski definition) is 1. The predicted octanol–water partition coefficient (Wildman–Crippen LogP) is 4.68. The smallest absolute Gasteiger partial charge is 0.0689 e. The molecule has 1 rings (SSSR count). The molecule has 0 N–H and O–H groups in total. The van der Waals surface area contributed by atoms with Crippen LogP contribution in [-0.4, -0.2) is 0 Å². The van der Waals surface area contributed by atoms with Crippen LogP contribution in [0.1, 0.15) is 71.6 Å². The third-order valence-corrected chi connectivity index (χ3v) is 4.14. The quantitative estimate of drug-likeness (QED) is 0.601. The Morgan fingerprint density at radius 2 is 1.87 bits per heavy atom. The topological polar surface area (TPSA) is 23.8 Å². The van der Waals surface area contributed by atoms with Crippen molar-refractivity contribution in [3.63, 3.8) is 0 Å². The largest absolute Gasteiger partial charge is 0.198 e. The van der Waals surface area contributed by atoms with E-state index in [0.717, 1.165) is 25.2 Å². The molecule has 1 aliphatic rings. The lowest BCUT2D eigenvalue weighted by molar-refractivity contribution is 0.189. The van der Waals surface area contributed by atoms with Gasteiger partial charge in [-0.05, 0) is 38.0 Å². The third kappa shape index (κ3) is 3.52. The molecule has 0 aromatic heterocycles. The third-order valence-electron chi connectivity index (χ3n) is 4.14. The van der Waals surface area contributed by atoms with Crippen molar-refractivity contribution in [3.05, 3.63) is 0 Å². The molecule has 1 fully saturated rings. The second-order valence-corrected chi connectivity index (χ2v) is 5.20. The van der Waals surface area contributed by atoms with Crippen molar-refractivity contribution in [1.82, 2.24) is 0 Å². The molecule has 0 aliphatic heterocycles. The molecular weight excluding hydrogens is 182 g/mol. The van der Waals surface area contributed by atoms with Gasteiger partial charge < -0.3 is 0 Å². The zero-order chi connectivity index (χ0) is 11.1. The average Bonchev–Trinajstić information content (AvgIpc) is 2.30. The molecule has 0 aromatic carbocycles. The van der Waals surface area contributed by atoms with E-state index in [-0.39, 0.29) is 5.41 Å². The first-order valence-electron chi connectivity index (χ1n) is 6.67. The van der Waals surface area contributed by atoms with Crippen LogP contribution in [0.3, 0.4) is 0 Å². The van der Waals surface area contributed by atoms with Gasteiger partial charge in [-0.15, -0.1) is 0 Å². The molecule has 1 saturated carbocycles. The van der Waals surface area contributed by atoms with E-state index in [1.54, 1.807) is 0 Å². The van der Waals surface area contributed by atoms with Crippen molar-refractivity contribution in [2.45, 2.75) is 71.6 Å². The SMILES string of the molecule is CCCCCC1(C#N)CCC(CC)CC1. The summed E-state index contributed by atoms with van der Waals surface area (Å²) >= 11 is 0. The first-order valence-corrected chi connectivity index (χ1v) is 6.67. The van der Waals surface area contributed by atoms with Crippen molar-refractivity contribution in [1.29, 1.82) is 5.26 Å². The molecule has 86 valence electrons. The first-order chi connectivity index (χ1) is 7.26. The predicted molar refractivity (Wildman–Crippen MR) is 64.4 cm³/mol. The van der Waals surface area contributed by atoms with Crippen LogP contribution in [0.4, 0.5) is 0 Å². The summed E-state index contributed by atoms with van der Waals surface area (Å²) in [6.07, 6.45) is 11.1. The van der Waals surface area contributed by atoms with Gasteiger partial charge in [0.05, 0.1) is 11.5 Å². The second-order valence-electron chi connectivity index (χ2n) is 5.20. The van der Waals surface area contributed by atoms with Crippen LogP contribution in [0.25, 0.3) is 0 Å². The summed E-state index contributed by atoms with van der Waals surface area (Å²) in [7, 11) is 0. The molecule has 1 aliphatic carbocycles. The van der Waals surface area contributed by atoms with E-state index in [1.807, 2.05) is 0 Å². The molecular formula is C14H25N. The number of hydrogen-bond donors (Lipinski definition) is 0. The summed E-state index contributed by atoms with van der Waals surface area (Å²) < 4.78 is 0. The molecule has 0 unspecified atom stereocenters. The summed E-state index contributed by atoms with van der Waals surface area (Å²) in [6, 6.07) is 2.62. The van der Waals surface area contributed by atoms with Gasteiger partial charge in [0.25, 0.3) is 0 Å². The Kier molecular flexibility index (Phi) is 5.15. The fourth-order valence-electron chi connectivity index (χ4n) is 2.77. The maximum atomic E-state index is 9.35. The average molecular weight is 207 g/mol. The highest BCUT2D eigenvalue weighted by Crippen LogP contribution is 2.43. The van der Waals surface area contributed by atoms with Gasteiger partial charge >= 0.3 is 0 Å². The summed E-state index contributed by atoms with van der Waals surface area (Å²) in [6.45, 7) is 4.51. The minimum Gasteiger partial charge on any atom is -0.198 e. The molecule has 0 radical (unpaired) electrons. The Morgan fingerprint density at radius 1 is 1.20 bits per heavy atom. The van der Waals surface area contributed by atoms with Gasteiger partial charge in [-0.1, -0.05) is 39.5 Å². The normalized spacial score (nSPS) is 31.1. The van der Waals surface area contributed by atoms with Crippen molar-refractivity contribution in [2.75, 3.05) is 0 Å². The van der Waals surface area contributed by atoms with Crippen LogP contribution in [0.5, 0.6) is 0 Å².